The lowest BCUT2D eigenvalue weighted by Gasteiger charge is -1.69. The van der Waals surface area contributed by atoms with Crippen molar-refractivity contribution in [3.63, 3.8) is 0 Å². The maximum atomic E-state index is 4.78. The van der Waals surface area contributed by atoms with Crippen molar-refractivity contribution in [2.45, 2.75) is 12.2 Å². The van der Waals surface area contributed by atoms with Crippen molar-refractivity contribution < 1.29 is 14.9 Å². The summed E-state index contributed by atoms with van der Waals surface area (Å²) in [5, 5.41) is 0. The molecule has 0 spiro atoms. The second-order valence-corrected chi connectivity index (χ2v) is 3.01. The summed E-state index contributed by atoms with van der Waals surface area (Å²) in [7, 11) is 0. The molecule has 3 nitrogen and oxygen atoms in total. The van der Waals surface area contributed by atoms with E-state index in [2.05, 4.69) is 25.3 Å². The fourth-order valence-electron chi connectivity index (χ4n) is 0.347. The molecular formula is C6H14O3S2. The Bertz CT molecular complexity index is 81.8. The normalized spacial score (nSPS) is 31.1. The standard InChI is InChI=1S/2C3H6OS.H2O/c2*5-2-3-1-4-3;/h2*3,5H,1-2H2;1H2. The second-order valence-electron chi connectivity index (χ2n) is 2.28. The van der Waals surface area contributed by atoms with Crippen molar-refractivity contribution in [1.29, 1.82) is 0 Å². The Morgan fingerprint density at radius 1 is 1.00 bits per heavy atom. The SMILES string of the molecule is O.SCC1CO1.SCC1CO1. The van der Waals surface area contributed by atoms with E-state index in [1.165, 1.54) is 0 Å². The highest BCUT2D eigenvalue weighted by Gasteiger charge is 2.19. The first-order valence-electron chi connectivity index (χ1n) is 3.31. The zero-order valence-corrected chi connectivity index (χ0v) is 7.98. The molecule has 0 aliphatic carbocycles. The van der Waals surface area contributed by atoms with Gasteiger partial charge in [-0.05, 0) is 0 Å². The molecule has 0 aromatic heterocycles. The number of hydrogen-bond donors (Lipinski definition) is 2. The molecule has 11 heavy (non-hydrogen) atoms. The highest BCUT2D eigenvalue weighted by molar-refractivity contribution is 7.80. The number of epoxide rings is 2. The Kier molecular flexibility index (Phi) is 6.46. The third-order valence-electron chi connectivity index (χ3n) is 1.21. The number of ether oxygens (including phenoxy) is 2. The molecule has 2 rings (SSSR count). The van der Waals surface area contributed by atoms with Gasteiger partial charge in [-0.1, -0.05) is 0 Å². The summed E-state index contributed by atoms with van der Waals surface area (Å²) < 4.78 is 9.56. The molecule has 0 radical (unpaired) electrons. The van der Waals surface area contributed by atoms with Gasteiger partial charge in [-0.15, -0.1) is 0 Å². The van der Waals surface area contributed by atoms with E-state index in [-0.39, 0.29) is 5.48 Å². The van der Waals surface area contributed by atoms with Gasteiger partial charge in [-0.25, -0.2) is 0 Å². The van der Waals surface area contributed by atoms with Gasteiger partial charge in [0, 0.05) is 11.5 Å². The van der Waals surface area contributed by atoms with E-state index in [9.17, 15) is 0 Å². The third kappa shape index (κ3) is 6.96. The Morgan fingerprint density at radius 3 is 1.27 bits per heavy atom. The molecule has 0 bridgehead atoms. The summed E-state index contributed by atoms with van der Waals surface area (Å²) in [4.78, 5) is 0. The van der Waals surface area contributed by atoms with Crippen molar-refractivity contribution >= 4 is 25.3 Å². The van der Waals surface area contributed by atoms with Gasteiger partial charge in [0.05, 0.1) is 25.4 Å². The first kappa shape index (κ1) is 11.6. The van der Waals surface area contributed by atoms with Gasteiger partial charge in [-0.2, -0.15) is 25.3 Å². The highest BCUT2D eigenvalue weighted by atomic mass is 32.1. The molecule has 2 fully saturated rings. The van der Waals surface area contributed by atoms with E-state index < -0.39 is 0 Å². The maximum absolute atomic E-state index is 4.78. The molecule has 2 heterocycles. The minimum atomic E-state index is 0. The number of thiol groups is 2. The zero-order valence-electron chi connectivity index (χ0n) is 6.19. The first-order chi connectivity index (χ1) is 4.86. The van der Waals surface area contributed by atoms with Crippen molar-refractivity contribution in [3.8, 4) is 0 Å². The first-order valence-corrected chi connectivity index (χ1v) is 4.58. The van der Waals surface area contributed by atoms with Gasteiger partial charge in [-0.3, -0.25) is 0 Å². The van der Waals surface area contributed by atoms with Crippen LogP contribution < -0.4 is 0 Å². The molecule has 68 valence electrons. The van der Waals surface area contributed by atoms with Crippen LogP contribution in [0.2, 0.25) is 0 Å². The van der Waals surface area contributed by atoms with Crippen molar-refractivity contribution in [3.05, 3.63) is 0 Å². The van der Waals surface area contributed by atoms with Crippen LogP contribution in [0, 0.1) is 0 Å². The molecule has 2 atom stereocenters. The number of rotatable bonds is 2. The fraction of sp³-hybridized carbons (Fsp3) is 1.00. The van der Waals surface area contributed by atoms with Gasteiger partial charge in [0.15, 0.2) is 0 Å². The maximum Gasteiger partial charge on any atom is 0.0897 e. The zero-order chi connectivity index (χ0) is 7.40. The topological polar surface area (TPSA) is 56.6 Å². The molecular weight excluding hydrogens is 184 g/mol. The van der Waals surface area contributed by atoms with E-state index in [1.54, 1.807) is 0 Å². The molecule has 2 N–H and O–H groups in total. The van der Waals surface area contributed by atoms with Gasteiger partial charge in [0.1, 0.15) is 0 Å². The Morgan fingerprint density at radius 2 is 1.27 bits per heavy atom. The van der Waals surface area contributed by atoms with E-state index >= 15 is 0 Å². The van der Waals surface area contributed by atoms with Gasteiger partial charge in [0.25, 0.3) is 0 Å². The van der Waals surface area contributed by atoms with Crippen LogP contribution in [0.4, 0.5) is 0 Å². The van der Waals surface area contributed by atoms with Crippen LogP contribution in [-0.4, -0.2) is 42.4 Å². The minimum Gasteiger partial charge on any atom is -0.412 e. The largest absolute Gasteiger partial charge is 0.412 e. The molecule has 5 heteroatoms. The van der Waals surface area contributed by atoms with Crippen LogP contribution >= 0.6 is 25.3 Å². The molecule has 2 unspecified atom stereocenters. The smallest absolute Gasteiger partial charge is 0.0897 e. The number of hydrogen-bond acceptors (Lipinski definition) is 4. The minimum absolute atomic E-state index is 0. The lowest BCUT2D eigenvalue weighted by Crippen LogP contribution is -1.80. The molecule has 2 aliphatic rings. The monoisotopic (exact) mass is 198 g/mol. The van der Waals surface area contributed by atoms with Crippen LogP contribution in [0.25, 0.3) is 0 Å². The van der Waals surface area contributed by atoms with Crippen LogP contribution in [0.15, 0.2) is 0 Å². The Balaban J connectivity index is 0.000000167. The van der Waals surface area contributed by atoms with Gasteiger partial charge >= 0.3 is 0 Å². The lowest BCUT2D eigenvalue weighted by molar-refractivity contribution is 0.426. The summed E-state index contributed by atoms with van der Waals surface area (Å²) in [6, 6.07) is 0. The molecule has 2 aliphatic heterocycles. The summed E-state index contributed by atoms with van der Waals surface area (Å²) >= 11 is 7.91. The molecule has 0 amide bonds. The van der Waals surface area contributed by atoms with Crippen LogP contribution in [0.3, 0.4) is 0 Å². The van der Waals surface area contributed by atoms with Crippen molar-refractivity contribution in [1.82, 2.24) is 0 Å². The molecule has 0 aromatic carbocycles. The van der Waals surface area contributed by atoms with E-state index in [4.69, 9.17) is 9.47 Å². The van der Waals surface area contributed by atoms with E-state index in [0.717, 1.165) is 24.7 Å². The highest BCUT2D eigenvalue weighted by Crippen LogP contribution is 2.08. The van der Waals surface area contributed by atoms with Crippen LogP contribution in [0.1, 0.15) is 0 Å². The van der Waals surface area contributed by atoms with Crippen molar-refractivity contribution in [2.24, 2.45) is 0 Å². The fourth-order valence-corrected chi connectivity index (χ4v) is 0.769. The van der Waals surface area contributed by atoms with E-state index in [1.807, 2.05) is 0 Å². The van der Waals surface area contributed by atoms with Gasteiger partial charge < -0.3 is 14.9 Å². The Hall–Kier alpha value is 0.580. The lowest BCUT2D eigenvalue weighted by atomic mass is 10.6. The predicted molar refractivity (Wildman–Crippen MR) is 50.8 cm³/mol. The van der Waals surface area contributed by atoms with Gasteiger partial charge in [0.2, 0.25) is 0 Å². The summed E-state index contributed by atoms with van der Waals surface area (Å²) in [6.45, 7) is 1.87. The Labute approximate surface area is 77.6 Å². The molecule has 0 aromatic rings. The summed E-state index contributed by atoms with van der Waals surface area (Å²) in [6.07, 6.45) is 0.997. The quantitative estimate of drug-likeness (QED) is 0.477. The average molecular weight is 198 g/mol. The molecule has 2 saturated heterocycles. The third-order valence-corrected chi connectivity index (χ3v) is 2.03. The predicted octanol–water partition coefficient (Wildman–Crippen LogP) is -0.195. The summed E-state index contributed by atoms with van der Waals surface area (Å²) in [5.41, 5.74) is 0. The molecule has 0 saturated carbocycles. The van der Waals surface area contributed by atoms with Crippen molar-refractivity contribution in [2.75, 3.05) is 24.7 Å². The van der Waals surface area contributed by atoms with E-state index in [0.29, 0.717) is 12.2 Å². The summed E-state index contributed by atoms with van der Waals surface area (Å²) in [5.74, 6) is 1.78. The van der Waals surface area contributed by atoms with Crippen LogP contribution in [0.5, 0.6) is 0 Å². The second kappa shape index (κ2) is 6.14. The van der Waals surface area contributed by atoms with Crippen LogP contribution in [-0.2, 0) is 9.47 Å². The average Bonchev–Trinajstić information content (AvgIpc) is 2.86.